The lowest BCUT2D eigenvalue weighted by Crippen LogP contribution is -2.40. The van der Waals surface area contributed by atoms with Crippen molar-refractivity contribution in [1.29, 1.82) is 0 Å². The van der Waals surface area contributed by atoms with Gasteiger partial charge in [0.15, 0.2) is 16.5 Å². The van der Waals surface area contributed by atoms with E-state index in [0.717, 1.165) is 25.7 Å². The molecule has 1 heterocycles. The van der Waals surface area contributed by atoms with Crippen LogP contribution in [0.3, 0.4) is 0 Å². The molecular weight excluding hydrogens is 462 g/mol. The maximum Gasteiger partial charge on any atom is 0.236 e. The van der Waals surface area contributed by atoms with Crippen LogP contribution in [-0.2, 0) is 25.9 Å². The van der Waals surface area contributed by atoms with Crippen molar-refractivity contribution in [2.75, 3.05) is 21.3 Å². The summed E-state index contributed by atoms with van der Waals surface area (Å²) in [7, 11) is 0.630. The first-order valence-corrected chi connectivity index (χ1v) is 12.5. The van der Waals surface area contributed by atoms with Crippen LogP contribution in [0.4, 0.5) is 0 Å². The summed E-state index contributed by atoms with van der Waals surface area (Å²) in [6, 6.07) is 7.19. The van der Waals surface area contributed by atoms with E-state index in [9.17, 15) is 18.4 Å². The molecule has 1 fully saturated rings. The van der Waals surface area contributed by atoms with E-state index in [1.165, 1.54) is 44.7 Å². The van der Waals surface area contributed by atoms with Crippen LogP contribution < -0.4 is 14.9 Å². The van der Waals surface area contributed by atoms with Gasteiger partial charge in [-0.1, -0.05) is 5.17 Å². The maximum atomic E-state index is 13.1. The monoisotopic (exact) mass is 493 g/mol. The van der Waals surface area contributed by atoms with Crippen molar-refractivity contribution in [3.63, 3.8) is 0 Å². The highest BCUT2D eigenvalue weighted by molar-refractivity contribution is 7.91. The average Bonchev–Trinajstić information content (AvgIpc) is 2.84. The molecule has 1 aliphatic carbocycles. The number of aromatic nitrogens is 1. The molecule has 0 bridgehead atoms. The van der Waals surface area contributed by atoms with Gasteiger partial charge in [0.25, 0.3) is 0 Å². The molecule has 1 aromatic carbocycles. The number of nitrogens with one attached hydrogen (secondary N) is 1. The third-order valence-corrected chi connectivity index (χ3v) is 7.58. The number of ether oxygens (including phenoxy) is 3. The van der Waals surface area contributed by atoms with Gasteiger partial charge in [0.05, 0.1) is 31.8 Å². The van der Waals surface area contributed by atoms with E-state index in [-0.39, 0.29) is 40.1 Å². The summed E-state index contributed by atoms with van der Waals surface area (Å²) in [5.74, 6) is 0.635. The van der Waals surface area contributed by atoms with Crippen molar-refractivity contribution in [1.82, 2.24) is 15.6 Å². The third kappa shape index (κ3) is 6.44. The SMILES string of the molecule is COc1ccc(S(=O)(=O)c2cc(CN(O)NC(=O)CC3CCC(OC)CC3)ccn2)cc1OC. The first kappa shape index (κ1) is 25.9. The zero-order valence-corrected chi connectivity index (χ0v) is 20.4. The number of benzene rings is 1. The predicted molar refractivity (Wildman–Crippen MR) is 122 cm³/mol. The number of hydrogen-bond donors (Lipinski definition) is 2. The molecule has 1 aromatic heterocycles. The van der Waals surface area contributed by atoms with Gasteiger partial charge in [-0.2, -0.15) is 0 Å². The molecule has 11 heteroatoms. The van der Waals surface area contributed by atoms with Crippen LogP contribution in [0.5, 0.6) is 11.5 Å². The van der Waals surface area contributed by atoms with E-state index < -0.39 is 9.84 Å². The molecule has 0 saturated heterocycles. The number of carbonyl (C=O) groups excluding carboxylic acids is 1. The summed E-state index contributed by atoms with van der Waals surface area (Å²) in [6.45, 7) is -0.112. The minimum Gasteiger partial charge on any atom is -0.493 e. The fourth-order valence-corrected chi connectivity index (χ4v) is 5.29. The second-order valence-corrected chi connectivity index (χ2v) is 10.1. The summed E-state index contributed by atoms with van der Waals surface area (Å²) in [5.41, 5.74) is 2.89. The first-order valence-electron chi connectivity index (χ1n) is 11.0. The Morgan fingerprint density at radius 2 is 1.79 bits per heavy atom. The third-order valence-electron chi connectivity index (χ3n) is 5.93. The Morgan fingerprint density at radius 1 is 1.09 bits per heavy atom. The van der Waals surface area contributed by atoms with Crippen LogP contribution in [0.2, 0.25) is 0 Å². The van der Waals surface area contributed by atoms with E-state index in [1.54, 1.807) is 13.2 Å². The Bertz CT molecular complexity index is 1090. The highest BCUT2D eigenvalue weighted by atomic mass is 32.2. The molecule has 186 valence electrons. The fraction of sp³-hybridized carbons (Fsp3) is 0.478. The van der Waals surface area contributed by atoms with Crippen molar-refractivity contribution in [2.45, 2.75) is 54.7 Å². The first-order chi connectivity index (χ1) is 16.3. The standard InChI is InChI=1S/C23H31N3O7S/c1-31-18-6-4-16(5-7-18)12-22(27)25-26(28)15-17-10-11-24-23(13-17)34(29,30)19-8-9-20(32-2)21(14-19)33-3/h8-11,13-14,16,18,28H,4-7,12,15H2,1-3H3,(H,25,27). The number of pyridine rings is 1. The normalized spacial score (nSPS) is 18.5. The molecule has 3 rings (SSSR count). The minimum atomic E-state index is -3.95. The lowest BCUT2D eigenvalue weighted by atomic mass is 9.85. The molecular formula is C23H31N3O7S. The van der Waals surface area contributed by atoms with Gasteiger partial charge in [-0.25, -0.2) is 13.4 Å². The van der Waals surface area contributed by atoms with Gasteiger partial charge >= 0.3 is 0 Å². The van der Waals surface area contributed by atoms with Crippen molar-refractivity contribution in [3.05, 3.63) is 42.1 Å². The molecule has 34 heavy (non-hydrogen) atoms. The van der Waals surface area contributed by atoms with Crippen LogP contribution in [0, 0.1) is 5.92 Å². The molecule has 1 amide bonds. The van der Waals surface area contributed by atoms with Gasteiger partial charge in [0.1, 0.15) is 0 Å². The molecule has 1 saturated carbocycles. The fourth-order valence-electron chi connectivity index (χ4n) is 4.04. The van der Waals surface area contributed by atoms with E-state index in [4.69, 9.17) is 14.2 Å². The Labute approximate surface area is 199 Å². The predicted octanol–water partition coefficient (Wildman–Crippen LogP) is 2.75. The number of hydrazine groups is 1. The van der Waals surface area contributed by atoms with Crippen LogP contribution >= 0.6 is 0 Å². The molecule has 0 radical (unpaired) electrons. The number of sulfone groups is 1. The number of methoxy groups -OCH3 is 3. The van der Waals surface area contributed by atoms with Gasteiger partial charge < -0.3 is 14.2 Å². The summed E-state index contributed by atoms with van der Waals surface area (Å²) in [4.78, 5) is 16.3. The Kier molecular flexibility index (Phi) is 8.84. The maximum absolute atomic E-state index is 13.1. The van der Waals surface area contributed by atoms with E-state index in [2.05, 4.69) is 10.4 Å². The number of carbonyl (C=O) groups is 1. The molecule has 0 spiro atoms. The van der Waals surface area contributed by atoms with Crippen molar-refractivity contribution in [3.8, 4) is 11.5 Å². The zero-order valence-electron chi connectivity index (χ0n) is 19.6. The highest BCUT2D eigenvalue weighted by Gasteiger charge is 2.24. The quantitative estimate of drug-likeness (QED) is 0.480. The van der Waals surface area contributed by atoms with E-state index in [1.807, 2.05) is 0 Å². The molecule has 2 aromatic rings. The van der Waals surface area contributed by atoms with Gasteiger partial charge in [-0.05, 0) is 61.4 Å². The number of nitrogens with zero attached hydrogens (tertiary/aromatic N) is 2. The van der Waals surface area contributed by atoms with Crippen molar-refractivity contribution in [2.24, 2.45) is 5.92 Å². The van der Waals surface area contributed by atoms with Crippen LogP contribution in [0.1, 0.15) is 37.7 Å². The van der Waals surface area contributed by atoms with Gasteiger partial charge in [0, 0.05) is 25.8 Å². The smallest absolute Gasteiger partial charge is 0.236 e. The molecule has 1 aliphatic rings. The topological polar surface area (TPSA) is 127 Å². The van der Waals surface area contributed by atoms with Crippen LogP contribution in [0.25, 0.3) is 0 Å². The Hall–Kier alpha value is -2.73. The van der Waals surface area contributed by atoms with E-state index in [0.29, 0.717) is 22.9 Å². The van der Waals surface area contributed by atoms with Crippen LogP contribution in [0.15, 0.2) is 46.5 Å². The zero-order chi connectivity index (χ0) is 24.7. The second kappa shape index (κ2) is 11.6. The average molecular weight is 494 g/mol. The molecule has 0 atom stereocenters. The van der Waals surface area contributed by atoms with Crippen molar-refractivity contribution >= 4 is 15.7 Å². The van der Waals surface area contributed by atoms with Gasteiger partial charge in [-0.15, -0.1) is 0 Å². The largest absolute Gasteiger partial charge is 0.493 e. The van der Waals surface area contributed by atoms with Crippen LogP contribution in [-0.4, -0.2) is 57.1 Å². The molecule has 10 nitrogen and oxygen atoms in total. The summed E-state index contributed by atoms with van der Waals surface area (Å²) in [6.07, 6.45) is 5.55. The molecule has 0 aliphatic heterocycles. The minimum absolute atomic E-state index is 0.00727. The van der Waals surface area contributed by atoms with Crippen molar-refractivity contribution < 1.29 is 32.6 Å². The van der Waals surface area contributed by atoms with E-state index >= 15 is 0 Å². The number of hydrogen-bond acceptors (Lipinski definition) is 9. The lowest BCUT2D eigenvalue weighted by Gasteiger charge is -2.27. The molecule has 0 unspecified atom stereocenters. The number of rotatable bonds is 10. The Balaban J connectivity index is 1.63. The Morgan fingerprint density at radius 3 is 2.44 bits per heavy atom. The second-order valence-electron chi connectivity index (χ2n) is 8.20. The number of amides is 1. The summed E-state index contributed by atoms with van der Waals surface area (Å²) < 4.78 is 41.8. The van der Waals surface area contributed by atoms with Gasteiger partial charge in [0.2, 0.25) is 15.7 Å². The summed E-state index contributed by atoms with van der Waals surface area (Å²) >= 11 is 0. The summed E-state index contributed by atoms with van der Waals surface area (Å²) in [5, 5.41) is 10.7. The number of hydroxylamine groups is 1. The van der Waals surface area contributed by atoms with Gasteiger partial charge in [-0.3, -0.25) is 15.4 Å². The highest BCUT2D eigenvalue weighted by Crippen LogP contribution is 2.32. The lowest BCUT2D eigenvalue weighted by molar-refractivity contribution is -0.166. The molecule has 2 N–H and O–H groups in total.